The molecule has 6 rings (SSSR count). The maximum atomic E-state index is 12.9. The molecule has 3 aromatic heterocycles. The summed E-state index contributed by atoms with van der Waals surface area (Å²) >= 11 is 7.64. The SMILES string of the molecule is Cl.Nc1nc(Cl)nc2c1ncn2C1CCC(C(=O)Nc2nc3c(s2)CN(C2CC2)CC3)CC1. The summed E-state index contributed by atoms with van der Waals surface area (Å²) in [6, 6.07) is 0.986. The summed E-state index contributed by atoms with van der Waals surface area (Å²) in [7, 11) is 0. The highest BCUT2D eigenvalue weighted by Crippen LogP contribution is 2.37. The maximum Gasteiger partial charge on any atom is 0.229 e. The zero-order valence-corrected chi connectivity index (χ0v) is 20.4. The van der Waals surface area contributed by atoms with Crippen LogP contribution in [0.1, 0.15) is 55.1 Å². The van der Waals surface area contributed by atoms with Crippen LogP contribution in [-0.4, -0.2) is 47.9 Å². The molecule has 176 valence electrons. The quantitative estimate of drug-likeness (QED) is 0.514. The second-order valence-corrected chi connectivity index (χ2v) is 10.5. The number of nitrogen functional groups attached to an aromatic ring is 1. The van der Waals surface area contributed by atoms with Crippen molar-refractivity contribution in [2.75, 3.05) is 17.6 Å². The van der Waals surface area contributed by atoms with Crippen LogP contribution in [0.25, 0.3) is 11.2 Å². The first-order chi connectivity index (χ1) is 15.5. The number of nitrogens with one attached hydrogen (secondary N) is 1. The van der Waals surface area contributed by atoms with Gasteiger partial charge in [0.05, 0.1) is 12.0 Å². The van der Waals surface area contributed by atoms with E-state index in [2.05, 4.69) is 25.2 Å². The van der Waals surface area contributed by atoms with Gasteiger partial charge in [-0.2, -0.15) is 9.97 Å². The molecule has 0 atom stereocenters. The molecule has 2 aliphatic carbocycles. The van der Waals surface area contributed by atoms with Gasteiger partial charge in [-0.1, -0.05) is 0 Å². The Morgan fingerprint density at radius 2 is 1.88 bits per heavy atom. The Balaban J connectivity index is 0.00000228. The number of rotatable bonds is 4. The molecule has 0 saturated heterocycles. The molecule has 0 bridgehead atoms. The molecule has 2 fully saturated rings. The number of carbonyl (C=O) groups excluding carboxylic acids is 1. The third-order valence-electron chi connectivity index (χ3n) is 6.94. The van der Waals surface area contributed by atoms with Gasteiger partial charge < -0.3 is 15.6 Å². The minimum absolute atomic E-state index is 0. The molecule has 0 aromatic carbocycles. The number of carbonyl (C=O) groups is 1. The smallest absolute Gasteiger partial charge is 0.229 e. The Hall–Kier alpha value is -2.01. The number of halogens is 2. The van der Waals surface area contributed by atoms with Gasteiger partial charge in [0.25, 0.3) is 0 Å². The van der Waals surface area contributed by atoms with E-state index in [-0.39, 0.29) is 35.6 Å². The summed E-state index contributed by atoms with van der Waals surface area (Å²) in [5.74, 6) is 0.366. The summed E-state index contributed by atoms with van der Waals surface area (Å²) < 4.78 is 2.02. The van der Waals surface area contributed by atoms with Crippen molar-refractivity contribution >= 4 is 63.4 Å². The number of aromatic nitrogens is 5. The fraction of sp³-hybridized carbons (Fsp3) is 0.571. The van der Waals surface area contributed by atoms with Gasteiger partial charge in [0.2, 0.25) is 11.2 Å². The van der Waals surface area contributed by atoms with Crippen LogP contribution in [-0.2, 0) is 17.8 Å². The van der Waals surface area contributed by atoms with Crippen LogP contribution >= 0.6 is 35.3 Å². The molecule has 9 nitrogen and oxygen atoms in total. The highest BCUT2D eigenvalue weighted by molar-refractivity contribution is 7.15. The van der Waals surface area contributed by atoms with Crippen molar-refractivity contribution in [3.8, 4) is 0 Å². The number of hydrogen-bond donors (Lipinski definition) is 2. The van der Waals surface area contributed by atoms with Crippen molar-refractivity contribution in [3.05, 3.63) is 22.2 Å². The lowest BCUT2D eigenvalue weighted by molar-refractivity contribution is -0.120. The number of nitrogens with zero attached hydrogens (tertiary/aromatic N) is 6. The zero-order chi connectivity index (χ0) is 21.8. The second-order valence-electron chi connectivity index (χ2n) is 9.04. The molecule has 4 heterocycles. The van der Waals surface area contributed by atoms with Crippen molar-refractivity contribution in [3.63, 3.8) is 0 Å². The van der Waals surface area contributed by atoms with Crippen LogP contribution in [0.3, 0.4) is 0 Å². The fourth-order valence-corrected chi connectivity index (χ4v) is 6.23. The van der Waals surface area contributed by atoms with E-state index in [0.717, 1.165) is 62.1 Å². The molecule has 0 radical (unpaired) electrons. The average molecular weight is 509 g/mol. The van der Waals surface area contributed by atoms with Crippen molar-refractivity contribution in [1.29, 1.82) is 0 Å². The standard InChI is InChI=1S/C21H25ClN8OS.ClH/c22-20-26-17(23)16-18(27-20)30(10-24-16)13-3-1-11(2-4-13)19(31)28-21-25-14-7-8-29(12-5-6-12)9-15(14)32-21;/h10-13H,1-9H2,(H2,23,26,27)(H,25,28,31);1H. The second kappa shape index (κ2) is 8.98. The highest BCUT2D eigenvalue weighted by atomic mass is 35.5. The number of thiazole rings is 1. The van der Waals surface area contributed by atoms with Gasteiger partial charge in [-0.15, -0.1) is 23.7 Å². The van der Waals surface area contributed by atoms with Gasteiger partial charge in [0.1, 0.15) is 5.52 Å². The third kappa shape index (κ3) is 4.41. The highest BCUT2D eigenvalue weighted by Gasteiger charge is 2.33. The zero-order valence-electron chi connectivity index (χ0n) is 18.0. The van der Waals surface area contributed by atoms with E-state index >= 15 is 0 Å². The summed E-state index contributed by atoms with van der Waals surface area (Å²) in [5.41, 5.74) is 8.32. The molecule has 1 amide bonds. The van der Waals surface area contributed by atoms with E-state index < -0.39 is 0 Å². The van der Waals surface area contributed by atoms with Crippen molar-refractivity contribution < 1.29 is 4.79 Å². The van der Waals surface area contributed by atoms with E-state index in [4.69, 9.17) is 22.3 Å². The number of hydrogen-bond acceptors (Lipinski definition) is 8. The van der Waals surface area contributed by atoms with Crippen LogP contribution in [0.15, 0.2) is 6.33 Å². The van der Waals surface area contributed by atoms with Crippen LogP contribution in [0.2, 0.25) is 5.28 Å². The van der Waals surface area contributed by atoms with E-state index in [1.54, 1.807) is 17.7 Å². The predicted octanol–water partition coefficient (Wildman–Crippen LogP) is 3.83. The molecule has 0 spiro atoms. The summed E-state index contributed by atoms with van der Waals surface area (Å²) in [6.45, 7) is 2.07. The Bertz CT molecular complexity index is 1180. The molecule has 0 unspecified atom stereocenters. The summed E-state index contributed by atoms with van der Waals surface area (Å²) in [6.07, 6.45) is 8.75. The van der Waals surface area contributed by atoms with Gasteiger partial charge >= 0.3 is 0 Å². The Morgan fingerprint density at radius 1 is 1.12 bits per heavy atom. The van der Waals surface area contributed by atoms with Gasteiger partial charge in [-0.25, -0.2) is 9.97 Å². The topological polar surface area (TPSA) is 115 Å². The molecular formula is C21H26Cl2N8OS. The van der Waals surface area contributed by atoms with Gasteiger partial charge in [-0.05, 0) is 50.1 Å². The van der Waals surface area contributed by atoms with Crippen LogP contribution in [0.4, 0.5) is 10.9 Å². The van der Waals surface area contributed by atoms with Crippen LogP contribution in [0, 0.1) is 5.92 Å². The maximum absolute atomic E-state index is 12.9. The molecule has 3 aromatic rings. The van der Waals surface area contributed by atoms with Crippen molar-refractivity contribution in [2.45, 2.75) is 63.6 Å². The molecule has 12 heteroatoms. The Kier molecular flexibility index (Phi) is 6.19. The molecule has 1 aliphatic heterocycles. The minimum atomic E-state index is -0.00629. The van der Waals surface area contributed by atoms with Gasteiger partial charge in [0, 0.05) is 42.4 Å². The normalized spacial score (nSPS) is 23.2. The number of imidazole rings is 1. The predicted molar refractivity (Wildman–Crippen MR) is 131 cm³/mol. The largest absolute Gasteiger partial charge is 0.382 e. The number of fused-ring (bicyclic) bond motifs is 2. The lowest BCUT2D eigenvalue weighted by Crippen LogP contribution is -2.31. The molecule has 3 aliphatic rings. The lowest BCUT2D eigenvalue weighted by atomic mass is 9.85. The van der Waals surface area contributed by atoms with Crippen molar-refractivity contribution in [2.24, 2.45) is 5.92 Å². The van der Waals surface area contributed by atoms with E-state index in [1.807, 2.05) is 4.57 Å². The van der Waals surface area contributed by atoms with E-state index in [1.165, 1.54) is 17.7 Å². The Morgan fingerprint density at radius 3 is 2.64 bits per heavy atom. The van der Waals surface area contributed by atoms with Crippen molar-refractivity contribution in [1.82, 2.24) is 29.4 Å². The summed E-state index contributed by atoms with van der Waals surface area (Å²) in [5, 5.41) is 3.97. The van der Waals surface area contributed by atoms with E-state index in [9.17, 15) is 4.79 Å². The summed E-state index contributed by atoms with van der Waals surface area (Å²) in [4.78, 5) is 34.2. The van der Waals surface area contributed by atoms with Crippen LogP contribution in [0.5, 0.6) is 0 Å². The average Bonchev–Trinajstić information content (AvgIpc) is 3.42. The van der Waals surface area contributed by atoms with E-state index in [0.29, 0.717) is 17.0 Å². The van der Waals surface area contributed by atoms with Gasteiger partial charge in [-0.3, -0.25) is 9.69 Å². The first-order valence-electron chi connectivity index (χ1n) is 11.2. The first-order valence-corrected chi connectivity index (χ1v) is 12.4. The molecular weight excluding hydrogens is 483 g/mol. The number of nitrogens with two attached hydrogens (primary N) is 1. The third-order valence-corrected chi connectivity index (χ3v) is 8.10. The number of amides is 1. The molecule has 2 saturated carbocycles. The number of anilines is 2. The first kappa shape index (κ1) is 22.8. The Labute approximate surface area is 206 Å². The van der Waals surface area contributed by atoms with Gasteiger partial charge in [0.15, 0.2) is 16.6 Å². The molecule has 3 N–H and O–H groups in total. The molecule has 33 heavy (non-hydrogen) atoms. The lowest BCUT2D eigenvalue weighted by Gasteiger charge is -2.28. The minimum Gasteiger partial charge on any atom is -0.382 e. The monoisotopic (exact) mass is 508 g/mol. The van der Waals surface area contributed by atoms with Crippen LogP contribution < -0.4 is 11.1 Å². The fourth-order valence-electron chi connectivity index (χ4n) is 5.02.